The molecule has 1 aliphatic carbocycles. The number of aryl methyl sites for hydroxylation is 1. The fraction of sp³-hybridized carbons (Fsp3) is 0.462. The first-order valence-corrected chi connectivity index (χ1v) is 5.20. The van der Waals surface area contributed by atoms with E-state index in [4.69, 9.17) is 0 Å². The number of rotatable bonds is 2. The van der Waals surface area contributed by atoms with Crippen LogP contribution in [0.1, 0.15) is 37.3 Å². The zero-order valence-corrected chi connectivity index (χ0v) is 11.9. The van der Waals surface area contributed by atoms with E-state index in [0.717, 1.165) is 5.92 Å². The molecular formula is C13H17Y-. The van der Waals surface area contributed by atoms with Gasteiger partial charge in [0.1, 0.15) is 0 Å². The Balaban J connectivity index is 0.000000980. The minimum absolute atomic E-state index is 0. The predicted molar refractivity (Wildman–Crippen MR) is 56.6 cm³/mol. The van der Waals surface area contributed by atoms with Crippen LogP contribution in [0.5, 0.6) is 0 Å². The molecule has 0 amide bonds. The molecule has 1 heteroatoms. The van der Waals surface area contributed by atoms with Gasteiger partial charge in [0.2, 0.25) is 0 Å². The Kier molecular flexibility index (Phi) is 4.80. The maximum atomic E-state index is 2.48. The van der Waals surface area contributed by atoms with Crippen molar-refractivity contribution >= 4 is 0 Å². The Morgan fingerprint density at radius 2 is 2.00 bits per heavy atom. The third-order valence-corrected chi connectivity index (χ3v) is 2.80. The molecule has 0 nitrogen and oxygen atoms in total. The van der Waals surface area contributed by atoms with Gasteiger partial charge in [0, 0.05) is 32.7 Å². The van der Waals surface area contributed by atoms with E-state index in [9.17, 15) is 0 Å². The number of benzene rings is 1. The first kappa shape index (κ1) is 12.4. The molecule has 1 unspecified atom stereocenters. The smallest absolute Gasteiger partial charge is 0 e. The zero-order valence-electron chi connectivity index (χ0n) is 9.03. The minimum atomic E-state index is 0. The topological polar surface area (TPSA) is 0 Å². The van der Waals surface area contributed by atoms with Crippen molar-refractivity contribution in [1.82, 2.24) is 0 Å². The van der Waals surface area contributed by atoms with Crippen molar-refractivity contribution in [2.75, 3.05) is 0 Å². The molecule has 14 heavy (non-hydrogen) atoms. The van der Waals surface area contributed by atoms with E-state index < -0.39 is 0 Å². The molecule has 0 N–H and O–H groups in total. The normalized spacial score (nSPS) is 19.2. The van der Waals surface area contributed by atoms with Gasteiger partial charge in [0.05, 0.1) is 0 Å². The van der Waals surface area contributed by atoms with E-state index in [-0.39, 0.29) is 32.7 Å². The average Bonchev–Trinajstić information content (AvgIpc) is 2.48. The van der Waals surface area contributed by atoms with E-state index in [1.54, 1.807) is 11.1 Å². The van der Waals surface area contributed by atoms with Crippen molar-refractivity contribution in [3.8, 4) is 0 Å². The third kappa shape index (κ3) is 2.67. The summed E-state index contributed by atoms with van der Waals surface area (Å²) in [7, 11) is 0. The number of hydrogen-bond acceptors (Lipinski definition) is 0. The van der Waals surface area contributed by atoms with E-state index in [1.807, 2.05) is 0 Å². The summed E-state index contributed by atoms with van der Waals surface area (Å²) >= 11 is 0. The van der Waals surface area contributed by atoms with E-state index in [0.29, 0.717) is 5.92 Å². The molecule has 0 aliphatic heterocycles. The van der Waals surface area contributed by atoms with Gasteiger partial charge in [-0.05, 0) is 12.0 Å². The van der Waals surface area contributed by atoms with E-state index in [2.05, 4.69) is 44.5 Å². The molecule has 1 aromatic carbocycles. The molecule has 0 saturated heterocycles. The van der Waals surface area contributed by atoms with Crippen molar-refractivity contribution in [3.63, 3.8) is 0 Å². The Morgan fingerprint density at radius 1 is 1.29 bits per heavy atom. The molecule has 0 saturated carbocycles. The van der Waals surface area contributed by atoms with E-state index in [1.165, 1.54) is 12.8 Å². The first-order valence-electron chi connectivity index (χ1n) is 5.20. The van der Waals surface area contributed by atoms with Crippen molar-refractivity contribution < 1.29 is 32.7 Å². The molecule has 0 aromatic heterocycles. The Bertz CT molecular complexity index is 291. The molecule has 73 valence electrons. The van der Waals surface area contributed by atoms with Gasteiger partial charge in [-0.25, -0.2) is 0 Å². The molecule has 1 radical (unpaired) electrons. The molecule has 1 atom stereocenters. The second-order valence-corrected chi connectivity index (χ2v) is 4.28. The van der Waals surface area contributed by atoms with Gasteiger partial charge >= 0.3 is 0 Å². The van der Waals surface area contributed by atoms with Gasteiger partial charge in [-0.2, -0.15) is 5.92 Å². The van der Waals surface area contributed by atoms with Crippen LogP contribution in [0.2, 0.25) is 0 Å². The van der Waals surface area contributed by atoms with Gasteiger partial charge in [-0.15, -0.1) is 5.92 Å². The predicted octanol–water partition coefficient (Wildman–Crippen LogP) is 3.57. The molecule has 0 fully saturated rings. The summed E-state index contributed by atoms with van der Waals surface area (Å²) < 4.78 is 0. The largest absolute Gasteiger partial charge is 0.319 e. The fourth-order valence-corrected chi connectivity index (χ4v) is 2.25. The van der Waals surface area contributed by atoms with Crippen LogP contribution in [-0.4, -0.2) is 0 Å². The van der Waals surface area contributed by atoms with Crippen molar-refractivity contribution in [3.05, 3.63) is 41.8 Å². The van der Waals surface area contributed by atoms with Crippen molar-refractivity contribution in [1.29, 1.82) is 0 Å². The van der Waals surface area contributed by atoms with Crippen LogP contribution >= 0.6 is 0 Å². The SMILES string of the molecule is CC(C)[CH-]C1CCc2ccccc21.[Y]. The zero-order chi connectivity index (χ0) is 9.26. The number of fused-ring (bicyclic) bond motifs is 1. The maximum absolute atomic E-state index is 2.48. The first-order chi connectivity index (χ1) is 6.27. The van der Waals surface area contributed by atoms with Crippen molar-refractivity contribution in [2.24, 2.45) is 5.92 Å². The Labute approximate surface area is 112 Å². The minimum Gasteiger partial charge on any atom is -0.319 e. The summed E-state index contributed by atoms with van der Waals surface area (Å²) in [5, 5.41) is 0. The van der Waals surface area contributed by atoms with Gasteiger partial charge in [0.15, 0.2) is 0 Å². The Morgan fingerprint density at radius 3 is 2.71 bits per heavy atom. The molecule has 0 heterocycles. The van der Waals surface area contributed by atoms with Gasteiger partial charge in [-0.3, -0.25) is 0 Å². The summed E-state index contributed by atoms with van der Waals surface area (Å²) in [6.07, 6.45) is 5.06. The summed E-state index contributed by atoms with van der Waals surface area (Å²) in [5.41, 5.74) is 3.13. The average molecular weight is 262 g/mol. The standard InChI is InChI=1S/C13H17.Y/c1-10(2)9-12-8-7-11-5-3-4-6-13(11)12;/h3-6,9-10,12H,7-8H2,1-2H3;/q-1;. The van der Waals surface area contributed by atoms with Crippen LogP contribution in [0.4, 0.5) is 0 Å². The fourth-order valence-electron chi connectivity index (χ4n) is 2.25. The van der Waals surface area contributed by atoms with Gasteiger partial charge in [-0.1, -0.05) is 50.1 Å². The Hall–Kier alpha value is 0.324. The quantitative estimate of drug-likeness (QED) is 0.715. The maximum Gasteiger partial charge on any atom is 0 e. The van der Waals surface area contributed by atoms with Crippen LogP contribution in [0.3, 0.4) is 0 Å². The van der Waals surface area contributed by atoms with E-state index >= 15 is 0 Å². The summed E-state index contributed by atoms with van der Waals surface area (Å²) in [4.78, 5) is 0. The van der Waals surface area contributed by atoms with Crippen LogP contribution in [0.15, 0.2) is 24.3 Å². The number of hydrogen-bond donors (Lipinski definition) is 0. The van der Waals surface area contributed by atoms with Gasteiger partial charge < -0.3 is 6.42 Å². The molecule has 0 bridgehead atoms. The van der Waals surface area contributed by atoms with Crippen LogP contribution in [-0.2, 0) is 39.1 Å². The second kappa shape index (κ2) is 5.42. The molecule has 2 rings (SSSR count). The van der Waals surface area contributed by atoms with Crippen molar-refractivity contribution in [2.45, 2.75) is 32.6 Å². The van der Waals surface area contributed by atoms with Gasteiger partial charge in [0.25, 0.3) is 0 Å². The van der Waals surface area contributed by atoms with Crippen LogP contribution in [0.25, 0.3) is 0 Å². The summed E-state index contributed by atoms with van der Waals surface area (Å²) in [6.45, 7) is 4.53. The molecule has 1 aromatic rings. The third-order valence-electron chi connectivity index (χ3n) is 2.80. The second-order valence-electron chi connectivity index (χ2n) is 4.28. The molecule has 1 aliphatic rings. The summed E-state index contributed by atoms with van der Waals surface area (Å²) in [6, 6.07) is 8.86. The van der Waals surface area contributed by atoms with Crippen LogP contribution in [0, 0.1) is 12.3 Å². The molecular weight excluding hydrogens is 245 g/mol. The molecule has 0 spiro atoms. The summed E-state index contributed by atoms with van der Waals surface area (Å²) in [5.74, 6) is 1.42. The van der Waals surface area contributed by atoms with Crippen LogP contribution < -0.4 is 0 Å². The monoisotopic (exact) mass is 262 g/mol.